The number of fused-ring (bicyclic) bond motifs is 1. The van der Waals surface area contributed by atoms with Crippen LogP contribution in [-0.4, -0.2) is 21.1 Å². The summed E-state index contributed by atoms with van der Waals surface area (Å²) in [5.41, 5.74) is 7.84. The predicted octanol–water partition coefficient (Wildman–Crippen LogP) is 2.10. The van der Waals surface area contributed by atoms with Gasteiger partial charge < -0.3 is 11.1 Å². The van der Waals surface area contributed by atoms with Gasteiger partial charge in [0.05, 0.1) is 5.25 Å². The Morgan fingerprint density at radius 3 is 2.90 bits per heavy atom. The molecule has 1 aromatic carbocycles. The summed E-state index contributed by atoms with van der Waals surface area (Å²) in [6.07, 6.45) is 4.74. The maximum atomic E-state index is 12.3. The number of thioether (sulfide) groups is 1. The number of para-hydroxylation sites is 1. The van der Waals surface area contributed by atoms with Gasteiger partial charge in [-0.15, -0.1) is 0 Å². The second-order valence-corrected chi connectivity index (χ2v) is 5.73. The Morgan fingerprint density at radius 1 is 1.25 bits per heavy atom. The fourth-order valence-electron chi connectivity index (χ4n) is 2.17. The summed E-state index contributed by atoms with van der Waals surface area (Å²) in [6.45, 7) is 0. The first-order chi connectivity index (χ1) is 9.74. The average Bonchev–Trinajstić information content (AvgIpc) is 2.61. The fourth-order valence-corrected chi connectivity index (χ4v) is 3.13. The number of aromatic nitrogens is 2. The number of nitrogens with two attached hydrogens (primary N) is 1. The molecule has 3 rings (SSSR count). The lowest BCUT2D eigenvalue weighted by Crippen LogP contribution is -2.23. The molecule has 0 aliphatic carbocycles. The zero-order valence-corrected chi connectivity index (χ0v) is 11.6. The van der Waals surface area contributed by atoms with E-state index in [4.69, 9.17) is 5.73 Å². The van der Waals surface area contributed by atoms with Gasteiger partial charge in [0.2, 0.25) is 5.91 Å². The Bertz CT molecular complexity index is 647. The van der Waals surface area contributed by atoms with E-state index < -0.39 is 0 Å². The quantitative estimate of drug-likeness (QED) is 0.883. The SMILES string of the molecule is Nc1nccnc1SC1CCc2ccccc2NC1=O. The first-order valence-electron chi connectivity index (χ1n) is 6.36. The van der Waals surface area contributed by atoms with Crippen LogP contribution >= 0.6 is 11.8 Å². The molecule has 1 aliphatic heterocycles. The minimum atomic E-state index is -0.207. The summed E-state index contributed by atoms with van der Waals surface area (Å²) in [6, 6.07) is 7.88. The number of aryl methyl sites for hydroxylation is 1. The molecule has 0 saturated heterocycles. The molecular formula is C14H14N4OS. The standard InChI is InChI=1S/C14H14N4OS/c15-12-14(17-8-7-16-12)20-11-6-5-9-3-1-2-4-10(9)18-13(11)19/h1-4,7-8,11H,5-6H2,(H2,15,16)(H,18,19). The first kappa shape index (κ1) is 12.9. The Morgan fingerprint density at radius 2 is 2.05 bits per heavy atom. The summed E-state index contributed by atoms with van der Waals surface area (Å²) in [5, 5.41) is 3.37. The molecular weight excluding hydrogens is 272 g/mol. The van der Waals surface area contributed by atoms with E-state index in [1.807, 2.05) is 24.3 Å². The third-order valence-electron chi connectivity index (χ3n) is 3.19. The highest BCUT2D eigenvalue weighted by atomic mass is 32.2. The van der Waals surface area contributed by atoms with Gasteiger partial charge in [0, 0.05) is 18.1 Å². The average molecular weight is 286 g/mol. The van der Waals surface area contributed by atoms with Crippen molar-refractivity contribution in [3.05, 3.63) is 42.2 Å². The molecule has 5 nitrogen and oxygen atoms in total. The summed E-state index contributed by atoms with van der Waals surface area (Å²) >= 11 is 1.37. The summed E-state index contributed by atoms with van der Waals surface area (Å²) in [7, 11) is 0. The minimum Gasteiger partial charge on any atom is -0.381 e. The number of rotatable bonds is 2. The zero-order valence-electron chi connectivity index (χ0n) is 10.7. The predicted molar refractivity (Wildman–Crippen MR) is 79.5 cm³/mol. The van der Waals surface area contributed by atoms with E-state index in [-0.39, 0.29) is 11.2 Å². The van der Waals surface area contributed by atoms with E-state index in [2.05, 4.69) is 15.3 Å². The topological polar surface area (TPSA) is 80.9 Å². The van der Waals surface area contributed by atoms with E-state index >= 15 is 0 Å². The lowest BCUT2D eigenvalue weighted by atomic mass is 10.1. The Hall–Kier alpha value is -2.08. The van der Waals surface area contributed by atoms with E-state index in [0.29, 0.717) is 10.8 Å². The molecule has 6 heteroatoms. The maximum Gasteiger partial charge on any atom is 0.237 e. The van der Waals surface area contributed by atoms with Crippen LogP contribution in [0.25, 0.3) is 0 Å². The molecule has 20 heavy (non-hydrogen) atoms. The van der Waals surface area contributed by atoms with Crippen LogP contribution in [0.1, 0.15) is 12.0 Å². The molecule has 0 spiro atoms. The summed E-state index contributed by atoms with van der Waals surface area (Å²) in [5.74, 6) is 0.358. The minimum absolute atomic E-state index is 0.00926. The zero-order chi connectivity index (χ0) is 13.9. The van der Waals surface area contributed by atoms with Gasteiger partial charge in [-0.1, -0.05) is 30.0 Å². The monoisotopic (exact) mass is 286 g/mol. The van der Waals surface area contributed by atoms with Crippen LogP contribution in [0.4, 0.5) is 11.5 Å². The number of anilines is 2. The Balaban J connectivity index is 1.80. The number of hydrogen-bond acceptors (Lipinski definition) is 5. The molecule has 0 fully saturated rings. The van der Waals surface area contributed by atoms with Gasteiger partial charge in [0.15, 0.2) is 5.82 Å². The van der Waals surface area contributed by atoms with E-state index in [9.17, 15) is 4.79 Å². The van der Waals surface area contributed by atoms with Crippen LogP contribution < -0.4 is 11.1 Å². The summed E-state index contributed by atoms with van der Waals surface area (Å²) in [4.78, 5) is 20.4. The molecule has 0 bridgehead atoms. The van der Waals surface area contributed by atoms with Crippen molar-refractivity contribution in [2.75, 3.05) is 11.1 Å². The second-order valence-electron chi connectivity index (χ2n) is 4.54. The lowest BCUT2D eigenvalue weighted by molar-refractivity contribution is -0.115. The van der Waals surface area contributed by atoms with Crippen LogP contribution in [0.3, 0.4) is 0 Å². The van der Waals surface area contributed by atoms with Gasteiger partial charge in [0.1, 0.15) is 5.03 Å². The van der Waals surface area contributed by atoms with Crippen LogP contribution in [0.2, 0.25) is 0 Å². The number of amides is 1. The Kier molecular flexibility index (Phi) is 3.56. The third kappa shape index (κ3) is 2.60. The van der Waals surface area contributed by atoms with Crippen molar-refractivity contribution in [3.63, 3.8) is 0 Å². The summed E-state index contributed by atoms with van der Waals surface area (Å²) < 4.78 is 0. The van der Waals surface area contributed by atoms with Gasteiger partial charge in [0.25, 0.3) is 0 Å². The molecule has 0 radical (unpaired) electrons. The lowest BCUT2D eigenvalue weighted by Gasteiger charge is -2.12. The first-order valence-corrected chi connectivity index (χ1v) is 7.24. The number of hydrogen-bond donors (Lipinski definition) is 2. The highest BCUT2D eigenvalue weighted by molar-refractivity contribution is 8.00. The normalized spacial score (nSPS) is 18.0. The molecule has 1 amide bonds. The number of carbonyl (C=O) groups is 1. The number of nitrogen functional groups attached to an aromatic ring is 1. The van der Waals surface area contributed by atoms with E-state index in [1.165, 1.54) is 11.8 Å². The van der Waals surface area contributed by atoms with Crippen molar-refractivity contribution in [1.29, 1.82) is 0 Å². The van der Waals surface area contributed by atoms with Crippen molar-refractivity contribution in [1.82, 2.24) is 9.97 Å². The second kappa shape index (κ2) is 5.50. The highest BCUT2D eigenvalue weighted by Crippen LogP contribution is 2.32. The molecule has 0 saturated carbocycles. The molecule has 1 aromatic heterocycles. The van der Waals surface area contributed by atoms with Crippen LogP contribution in [0.5, 0.6) is 0 Å². The molecule has 102 valence electrons. The molecule has 1 atom stereocenters. The van der Waals surface area contributed by atoms with E-state index in [0.717, 1.165) is 24.1 Å². The van der Waals surface area contributed by atoms with Crippen molar-refractivity contribution >= 4 is 29.2 Å². The Labute approximate surface area is 121 Å². The van der Waals surface area contributed by atoms with Gasteiger partial charge in [-0.25, -0.2) is 9.97 Å². The van der Waals surface area contributed by atoms with Crippen molar-refractivity contribution in [2.45, 2.75) is 23.1 Å². The molecule has 2 heterocycles. The third-order valence-corrected chi connectivity index (χ3v) is 4.46. The largest absolute Gasteiger partial charge is 0.381 e. The van der Waals surface area contributed by atoms with Crippen molar-refractivity contribution < 1.29 is 4.79 Å². The molecule has 2 aromatic rings. The smallest absolute Gasteiger partial charge is 0.237 e. The highest BCUT2D eigenvalue weighted by Gasteiger charge is 2.25. The number of benzene rings is 1. The number of nitrogens with one attached hydrogen (secondary N) is 1. The van der Waals surface area contributed by atoms with Gasteiger partial charge in [-0.2, -0.15) is 0 Å². The van der Waals surface area contributed by atoms with Crippen LogP contribution in [0.15, 0.2) is 41.7 Å². The molecule has 1 unspecified atom stereocenters. The van der Waals surface area contributed by atoms with E-state index in [1.54, 1.807) is 12.4 Å². The molecule has 1 aliphatic rings. The fraction of sp³-hybridized carbons (Fsp3) is 0.214. The van der Waals surface area contributed by atoms with Gasteiger partial charge in [-0.3, -0.25) is 4.79 Å². The molecule has 3 N–H and O–H groups in total. The number of carbonyl (C=O) groups excluding carboxylic acids is 1. The number of nitrogens with zero attached hydrogens (tertiary/aromatic N) is 2. The van der Waals surface area contributed by atoms with Crippen LogP contribution in [-0.2, 0) is 11.2 Å². The van der Waals surface area contributed by atoms with Gasteiger partial charge >= 0.3 is 0 Å². The van der Waals surface area contributed by atoms with Crippen LogP contribution in [0, 0.1) is 0 Å². The maximum absolute atomic E-state index is 12.3. The van der Waals surface area contributed by atoms with Crippen molar-refractivity contribution in [2.24, 2.45) is 0 Å². The van der Waals surface area contributed by atoms with Crippen molar-refractivity contribution in [3.8, 4) is 0 Å². The van der Waals surface area contributed by atoms with Gasteiger partial charge in [-0.05, 0) is 24.5 Å².